The van der Waals surface area contributed by atoms with E-state index >= 15 is 0 Å². The van der Waals surface area contributed by atoms with Crippen molar-refractivity contribution in [3.63, 3.8) is 0 Å². The molecular formula is C18H26N4S. The Labute approximate surface area is 143 Å². The van der Waals surface area contributed by atoms with Crippen LogP contribution in [0.3, 0.4) is 0 Å². The van der Waals surface area contributed by atoms with Gasteiger partial charge in [-0.15, -0.1) is 0 Å². The second-order valence-corrected chi connectivity index (χ2v) is 6.52. The lowest BCUT2D eigenvalue weighted by Gasteiger charge is -2.13. The number of hydrogen-bond donors (Lipinski definition) is 2. The fourth-order valence-corrected chi connectivity index (χ4v) is 2.94. The van der Waals surface area contributed by atoms with Gasteiger partial charge in [-0.3, -0.25) is 0 Å². The Kier molecular flexibility index (Phi) is 7.10. The zero-order valence-electron chi connectivity index (χ0n) is 14.2. The molecule has 0 aliphatic carbocycles. The van der Waals surface area contributed by atoms with E-state index in [1.165, 1.54) is 16.7 Å². The molecule has 0 atom stereocenters. The minimum Gasteiger partial charge on any atom is -0.357 e. The molecule has 2 N–H and O–H groups in total. The minimum atomic E-state index is 0.708. The van der Waals surface area contributed by atoms with E-state index in [4.69, 9.17) is 0 Å². The predicted octanol–water partition coefficient (Wildman–Crippen LogP) is 3.07. The summed E-state index contributed by atoms with van der Waals surface area (Å²) in [6.45, 7) is 5.38. The molecule has 0 saturated carbocycles. The maximum atomic E-state index is 4.63. The molecule has 4 nitrogen and oxygen atoms in total. The largest absolute Gasteiger partial charge is 0.357 e. The van der Waals surface area contributed by atoms with Crippen LogP contribution in [0.15, 0.2) is 46.1 Å². The van der Waals surface area contributed by atoms with Crippen molar-refractivity contribution in [2.24, 2.45) is 4.99 Å². The Morgan fingerprint density at radius 1 is 1.13 bits per heavy atom. The van der Waals surface area contributed by atoms with E-state index < -0.39 is 0 Å². The van der Waals surface area contributed by atoms with Crippen LogP contribution < -0.4 is 10.6 Å². The number of aliphatic imine (C=N–C) groups is 1. The number of nitrogens with one attached hydrogen (secondary N) is 2. The van der Waals surface area contributed by atoms with Gasteiger partial charge < -0.3 is 15.5 Å². The molecule has 0 bridgehead atoms. The summed E-state index contributed by atoms with van der Waals surface area (Å²) in [6.07, 6.45) is 0. The first-order valence-corrected chi connectivity index (χ1v) is 8.87. The first-order valence-electron chi connectivity index (χ1n) is 7.93. The quantitative estimate of drug-likeness (QED) is 0.605. The van der Waals surface area contributed by atoms with E-state index in [1.807, 2.05) is 0 Å². The molecule has 0 fully saturated rings. The summed E-state index contributed by atoms with van der Waals surface area (Å²) in [5.41, 5.74) is 3.85. The third kappa shape index (κ3) is 6.42. The van der Waals surface area contributed by atoms with Gasteiger partial charge in [0.1, 0.15) is 0 Å². The van der Waals surface area contributed by atoms with Gasteiger partial charge >= 0.3 is 0 Å². The molecule has 1 heterocycles. The SMILES string of the molecule is CCNC(=NCc1ccsc1)NCc1cccc(CN(C)C)c1. The highest BCUT2D eigenvalue weighted by molar-refractivity contribution is 7.07. The zero-order valence-corrected chi connectivity index (χ0v) is 15.0. The lowest BCUT2D eigenvalue weighted by molar-refractivity contribution is 0.402. The molecule has 0 radical (unpaired) electrons. The van der Waals surface area contributed by atoms with E-state index in [1.54, 1.807) is 11.3 Å². The van der Waals surface area contributed by atoms with E-state index in [2.05, 4.69) is 82.6 Å². The smallest absolute Gasteiger partial charge is 0.191 e. The van der Waals surface area contributed by atoms with Gasteiger partial charge in [-0.1, -0.05) is 24.3 Å². The predicted molar refractivity (Wildman–Crippen MR) is 99.8 cm³/mol. The average Bonchev–Trinajstić information content (AvgIpc) is 3.03. The number of rotatable bonds is 7. The number of thiophene rings is 1. The molecule has 0 spiro atoms. The molecule has 2 rings (SSSR count). The minimum absolute atomic E-state index is 0.708. The van der Waals surface area contributed by atoms with Crippen molar-refractivity contribution in [2.75, 3.05) is 20.6 Å². The molecule has 0 amide bonds. The number of benzene rings is 1. The second-order valence-electron chi connectivity index (χ2n) is 5.74. The van der Waals surface area contributed by atoms with Crippen LogP contribution in [0.2, 0.25) is 0 Å². The molecule has 0 saturated heterocycles. The average molecular weight is 331 g/mol. The molecular weight excluding hydrogens is 304 g/mol. The molecule has 0 aliphatic rings. The molecule has 1 aromatic heterocycles. The fourth-order valence-electron chi connectivity index (χ4n) is 2.28. The summed E-state index contributed by atoms with van der Waals surface area (Å²) in [5, 5.41) is 10.9. The van der Waals surface area contributed by atoms with Crippen LogP contribution in [-0.2, 0) is 19.6 Å². The van der Waals surface area contributed by atoms with Crippen molar-refractivity contribution in [2.45, 2.75) is 26.6 Å². The summed E-state index contributed by atoms with van der Waals surface area (Å²) < 4.78 is 0. The van der Waals surface area contributed by atoms with E-state index in [-0.39, 0.29) is 0 Å². The van der Waals surface area contributed by atoms with Crippen molar-refractivity contribution in [1.29, 1.82) is 0 Å². The fraction of sp³-hybridized carbons (Fsp3) is 0.389. The third-order valence-corrected chi connectivity index (χ3v) is 4.03. The highest BCUT2D eigenvalue weighted by atomic mass is 32.1. The van der Waals surface area contributed by atoms with Crippen LogP contribution >= 0.6 is 11.3 Å². The van der Waals surface area contributed by atoms with E-state index in [0.29, 0.717) is 6.54 Å². The Bertz CT molecular complexity index is 605. The normalized spacial score (nSPS) is 11.7. The van der Waals surface area contributed by atoms with Crippen LogP contribution in [0.4, 0.5) is 0 Å². The standard InChI is InChI=1S/C18H26N4S/c1-4-19-18(21-12-17-8-9-23-14-17)20-11-15-6-5-7-16(10-15)13-22(2)3/h5-10,14H,4,11-13H2,1-3H3,(H2,19,20,21). The van der Waals surface area contributed by atoms with Gasteiger partial charge in [-0.2, -0.15) is 11.3 Å². The monoisotopic (exact) mass is 330 g/mol. The Hall–Kier alpha value is -1.85. The molecule has 23 heavy (non-hydrogen) atoms. The van der Waals surface area contributed by atoms with Crippen molar-refractivity contribution in [3.05, 3.63) is 57.8 Å². The lowest BCUT2D eigenvalue weighted by atomic mass is 10.1. The topological polar surface area (TPSA) is 39.7 Å². The van der Waals surface area contributed by atoms with Gasteiger partial charge in [0.15, 0.2) is 5.96 Å². The van der Waals surface area contributed by atoms with Crippen molar-refractivity contribution in [1.82, 2.24) is 15.5 Å². The second kappa shape index (κ2) is 9.33. The summed E-state index contributed by atoms with van der Waals surface area (Å²) in [4.78, 5) is 6.81. The number of guanidine groups is 1. The van der Waals surface area contributed by atoms with Gasteiger partial charge in [0, 0.05) is 19.6 Å². The first kappa shape index (κ1) is 17.5. The van der Waals surface area contributed by atoms with Gasteiger partial charge in [0.25, 0.3) is 0 Å². The Balaban J connectivity index is 1.94. The van der Waals surface area contributed by atoms with Crippen LogP contribution in [-0.4, -0.2) is 31.5 Å². The van der Waals surface area contributed by atoms with Gasteiger partial charge in [0.2, 0.25) is 0 Å². The zero-order chi connectivity index (χ0) is 16.5. The summed E-state index contributed by atoms with van der Waals surface area (Å²) in [7, 11) is 4.18. The van der Waals surface area contributed by atoms with Crippen molar-refractivity contribution >= 4 is 17.3 Å². The lowest BCUT2D eigenvalue weighted by Crippen LogP contribution is -2.36. The van der Waals surface area contributed by atoms with Gasteiger partial charge in [0.05, 0.1) is 6.54 Å². The van der Waals surface area contributed by atoms with Crippen LogP contribution in [0.5, 0.6) is 0 Å². The highest BCUT2D eigenvalue weighted by Crippen LogP contribution is 2.08. The molecule has 0 unspecified atom stereocenters. The highest BCUT2D eigenvalue weighted by Gasteiger charge is 2.01. The van der Waals surface area contributed by atoms with Crippen LogP contribution in [0, 0.1) is 0 Å². The summed E-state index contributed by atoms with van der Waals surface area (Å²) >= 11 is 1.71. The maximum Gasteiger partial charge on any atom is 0.191 e. The summed E-state index contributed by atoms with van der Waals surface area (Å²) in [6, 6.07) is 10.8. The third-order valence-electron chi connectivity index (χ3n) is 3.29. The van der Waals surface area contributed by atoms with Crippen LogP contribution in [0.1, 0.15) is 23.6 Å². The molecule has 1 aromatic carbocycles. The number of hydrogen-bond acceptors (Lipinski definition) is 3. The van der Waals surface area contributed by atoms with Gasteiger partial charge in [-0.05, 0) is 54.5 Å². The number of nitrogens with zero attached hydrogens (tertiary/aromatic N) is 2. The summed E-state index contributed by atoms with van der Waals surface area (Å²) in [5.74, 6) is 0.858. The van der Waals surface area contributed by atoms with E-state index in [9.17, 15) is 0 Å². The Morgan fingerprint density at radius 3 is 2.65 bits per heavy atom. The Morgan fingerprint density at radius 2 is 1.96 bits per heavy atom. The van der Waals surface area contributed by atoms with Crippen molar-refractivity contribution in [3.8, 4) is 0 Å². The van der Waals surface area contributed by atoms with E-state index in [0.717, 1.165) is 25.6 Å². The van der Waals surface area contributed by atoms with Gasteiger partial charge in [-0.25, -0.2) is 4.99 Å². The first-order chi connectivity index (χ1) is 11.2. The molecule has 124 valence electrons. The molecule has 0 aliphatic heterocycles. The van der Waals surface area contributed by atoms with Crippen LogP contribution in [0.25, 0.3) is 0 Å². The molecule has 2 aromatic rings. The van der Waals surface area contributed by atoms with Crippen molar-refractivity contribution < 1.29 is 0 Å². The maximum absolute atomic E-state index is 4.63. The molecule has 5 heteroatoms.